The van der Waals surface area contributed by atoms with Gasteiger partial charge in [-0.2, -0.15) is 0 Å². The first-order valence-corrected chi connectivity index (χ1v) is 10.1. The van der Waals surface area contributed by atoms with E-state index in [1.807, 2.05) is 42.7 Å². The molecular formula is C21H22FNOS. The predicted molar refractivity (Wildman–Crippen MR) is 99.6 cm³/mol. The van der Waals surface area contributed by atoms with Crippen LogP contribution in [0, 0.1) is 5.82 Å². The van der Waals surface area contributed by atoms with Gasteiger partial charge in [0.25, 0.3) is 5.91 Å². The average molecular weight is 355 g/mol. The normalized spacial score (nSPS) is 25.2. The van der Waals surface area contributed by atoms with E-state index in [2.05, 4.69) is 4.90 Å². The summed E-state index contributed by atoms with van der Waals surface area (Å²) in [6.45, 7) is 0. The van der Waals surface area contributed by atoms with Crippen molar-refractivity contribution >= 4 is 17.7 Å². The average Bonchev–Trinajstić information content (AvgIpc) is 2.91. The highest BCUT2D eigenvalue weighted by atomic mass is 32.2. The van der Waals surface area contributed by atoms with Crippen LogP contribution in [0.1, 0.15) is 47.5 Å². The topological polar surface area (TPSA) is 20.3 Å². The number of benzene rings is 2. The number of hydrogen-bond acceptors (Lipinski definition) is 2. The highest BCUT2D eigenvalue weighted by Gasteiger charge is 2.43. The molecule has 2 atom stereocenters. The van der Waals surface area contributed by atoms with Crippen molar-refractivity contribution in [3.63, 3.8) is 0 Å². The number of amides is 1. The van der Waals surface area contributed by atoms with E-state index in [1.165, 1.54) is 5.56 Å². The molecule has 1 amide bonds. The first-order chi connectivity index (χ1) is 12.2. The van der Waals surface area contributed by atoms with E-state index in [4.69, 9.17) is 0 Å². The molecule has 0 N–H and O–H groups in total. The summed E-state index contributed by atoms with van der Waals surface area (Å²) in [4.78, 5) is 16.3. The van der Waals surface area contributed by atoms with Crippen LogP contribution in [0.25, 0.3) is 0 Å². The molecule has 2 heterocycles. The van der Waals surface area contributed by atoms with E-state index in [0.717, 1.165) is 36.1 Å². The van der Waals surface area contributed by atoms with Crippen molar-refractivity contribution in [2.45, 2.75) is 48.6 Å². The molecule has 2 aliphatic heterocycles. The summed E-state index contributed by atoms with van der Waals surface area (Å²) < 4.78 is 13.2. The maximum absolute atomic E-state index is 13.2. The van der Waals surface area contributed by atoms with Crippen LogP contribution in [0.2, 0.25) is 0 Å². The number of carbonyl (C=O) groups excluding carboxylic acids is 1. The van der Waals surface area contributed by atoms with Crippen LogP contribution in [0.5, 0.6) is 0 Å². The third-order valence-corrected chi connectivity index (χ3v) is 6.35. The molecule has 4 rings (SSSR count). The van der Waals surface area contributed by atoms with Gasteiger partial charge in [-0.3, -0.25) is 4.79 Å². The van der Waals surface area contributed by atoms with Crippen LogP contribution in [-0.2, 0) is 0 Å². The zero-order valence-corrected chi connectivity index (χ0v) is 15.1. The standard InChI is InChI=1S/C21H22FNOS/c1-25-20-4-2-3-15(13-20)21(24)23-18-9-10-19(23)12-16(11-18)14-5-7-17(22)8-6-14/h2-8,13,16,18-19H,9-12H2,1H3. The van der Waals surface area contributed by atoms with Crippen molar-refractivity contribution in [2.75, 3.05) is 6.26 Å². The number of halogens is 1. The largest absolute Gasteiger partial charge is 0.333 e. The van der Waals surface area contributed by atoms with Gasteiger partial charge < -0.3 is 4.90 Å². The van der Waals surface area contributed by atoms with Gasteiger partial charge in [-0.25, -0.2) is 4.39 Å². The molecule has 2 fully saturated rings. The zero-order valence-electron chi connectivity index (χ0n) is 14.3. The van der Waals surface area contributed by atoms with Crippen LogP contribution in [-0.4, -0.2) is 29.1 Å². The Hall–Kier alpha value is -1.81. The smallest absolute Gasteiger partial charge is 0.254 e. The minimum Gasteiger partial charge on any atom is -0.333 e. The fourth-order valence-corrected chi connectivity index (χ4v) is 4.88. The Kier molecular flexibility index (Phi) is 4.55. The summed E-state index contributed by atoms with van der Waals surface area (Å²) in [7, 11) is 0. The van der Waals surface area contributed by atoms with Crippen LogP contribution >= 0.6 is 11.8 Å². The highest BCUT2D eigenvalue weighted by Crippen LogP contribution is 2.43. The summed E-state index contributed by atoms with van der Waals surface area (Å²) in [5.74, 6) is 0.411. The van der Waals surface area contributed by atoms with Crippen LogP contribution in [0.15, 0.2) is 53.4 Å². The number of hydrogen-bond donors (Lipinski definition) is 0. The Labute approximate surface area is 152 Å². The Morgan fingerprint density at radius 2 is 1.76 bits per heavy atom. The Bertz CT molecular complexity index is 762. The summed E-state index contributed by atoms with van der Waals surface area (Å²) in [5, 5.41) is 0. The molecule has 2 aromatic carbocycles. The van der Waals surface area contributed by atoms with Crippen molar-refractivity contribution in [2.24, 2.45) is 0 Å². The second kappa shape index (κ2) is 6.83. The zero-order chi connectivity index (χ0) is 17.4. The summed E-state index contributed by atoms with van der Waals surface area (Å²) in [6.07, 6.45) is 6.15. The van der Waals surface area contributed by atoms with Gasteiger partial charge in [-0.1, -0.05) is 18.2 Å². The monoisotopic (exact) mass is 355 g/mol. The number of rotatable bonds is 3. The molecule has 130 valence electrons. The molecule has 25 heavy (non-hydrogen) atoms. The molecule has 2 bridgehead atoms. The quantitative estimate of drug-likeness (QED) is 0.714. The van der Waals surface area contributed by atoms with Gasteiger partial charge in [0.15, 0.2) is 0 Å². The maximum atomic E-state index is 13.2. The second-order valence-electron chi connectivity index (χ2n) is 7.05. The molecule has 0 aliphatic carbocycles. The Morgan fingerprint density at radius 1 is 1.08 bits per heavy atom. The summed E-state index contributed by atoms with van der Waals surface area (Å²) >= 11 is 1.66. The molecule has 2 aromatic rings. The lowest BCUT2D eigenvalue weighted by Gasteiger charge is -2.39. The number of fused-ring (bicyclic) bond motifs is 2. The Balaban J connectivity index is 1.54. The second-order valence-corrected chi connectivity index (χ2v) is 7.93. The lowest BCUT2D eigenvalue weighted by atomic mass is 9.85. The maximum Gasteiger partial charge on any atom is 0.254 e. The fraction of sp³-hybridized carbons (Fsp3) is 0.381. The van der Waals surface area contributed by atoms with E-state index < -0.39 is 0 Å². The van der Waals surface area contributed by atoms with Gasteiger partial charge in [-0.05, 0) is 73.8 Å². The molecule has 2 unspecified atom stereocenters. The Morgan fingerprint density at radius 3 is 2.40 bits per heavy atom. The van der Waals surface area contributed by atoms with Crippen molar-refractivity contribution < 1.29 is 9.18 Å². The van der Waals surface area contributed by atoms with Gasteiger partial charge in [0.2, 0.25) is 0 Å². The van der Waals surface area contributed by atoms with Crippen molar-refractivity contribution in [3.8, 4) is 0 Å². The van der Waals surface area contributed by atoms with Crippen LogP contribution in [0.3, 0.4) is 0 Å². The molecular weight excluding hydrogens is 333 g/mol. The minimum absolute atomic E-state index is 0.168. The summed E-state index contributed by atoms with van der Waals surface area (Å²) in [5.41, 5.74) is 2.00. The van der Waals surface area contributed by atoms with Crippen LogP contribution < -0.4 is 0 Å². The van der Waals surface area contributed by atoms with Crippen molar-refractivity contribution in [3.05, 3.63) is 65.5 Å². The fourth-order valence-electron chi connectivity index (χ4n) is 4.42. The first-order valence-electron chi connectivity index (χ1n) is 8.88. The SMILES string of the molecule is CSc1cccc(C(=O)N2C3CCC2CC(c2ccc(F)cc2)C3)c1. The third kappa shape index (κ3) is 3.20. The molecule has 0 spiro atoms. The molecule has 2 aliphatic rings. The number of carbonyl (C=O) groups is 1. The predicted octanol–water partition coefficient (Wildman–Crippen LogP) is 5.10. The first kappa shape index (κ1) is 16.6. The van der Waals surface area contributed by atoms with Gasteiger partial charge in [-0.15, -0.1) is 11.8 Å². The van der Waals surface area contributed by atoms with E-state index in [0.29, 0.717) is 18.0 Å². The highest BCUT2D eigenvalue weighted by molar-refractivity contribution is 7.98. The molecule has 4 heteroatoms. The molecule has 0 radical (unpaired) electrons. The number of nitrogens with zero attached hydrogens (tertiary/aromatic N) is 1. The van der Waals surface area contributed by atoms with E-state index >= 15 is 0 Å². The van der Waals surface area contributed by atoms with Crippen LogP contribution in [0.4, 0.5) is 4.39 Å². The number of piperidine rings is 1. The minimum atomic E-state index is -0.187. The molecule has 0 saturated carbocycles. The summed E-state index contributed by atoms with van der Waals surface area (Å²) in [6, 6.07) is 15.4. The van der Waals surface area contributed by atoms with E-state index in [1.54, 1.807) is 23.9 Å². The number of thioether (sulfide) groups is 1. The molecule has 2 saturated heterocycles. The van der Waals surface area contributed by atoms with E-state index in [9.17, 15) is 9.18 Å². The van der Waals surface area contributed by atoms with Crippen molar-refractivity contribution in [1.82, 2.24) is 4.90 Å². The lowest BCUT2D eigenvalue weighted by molar-refractivity contribution is 0.0571. The van der Waals surface area contributed by atoms with Crippen molar-refractivity contribution in [1.29, 1.82) is 0 Å². The van der Waals surface area contributed by atoms with Gasteiger partial charge in [0.05, 0.1) is 0 Å². The van der Waals surface area contributed by atoms with E-state index in [-0.39, 0.29) is 11.7 Å². The van der Waals surface area contributed by atoms with Gasteiger partial charge in [0, 0.05) is 22.5 Å². The van der Waals surface area contributed by atoms with Gasteiger partial charge in [0.1, 0.15) is 5.82 Å². The molecule has 2 nitrogen and oxygen atoms in total. The van der Waals surface area contributed by atoms with Gasteiger partial charge >= 0.3 is 0 Å². The lowest BCUT2D eigenvalue weighted by Crippen LogP contribution is -2.46. The molecule has 0 aromatic heterocycles. The third-order valence-electron chi connectivity index (χ3n) is 5.63.